The Balaban J connectivity index is 0.000000348. The highest BCUT2D eigenvalue weighted by atomic mass is 16.5. The van der Waals surface area contributed by atoms with Crippen molar-refractivity contribution in [3.05, 3.63) is 180 Å². The average molecular weight is 1040 g/mol. The lowest BCUT2D eigenvalue weighted by Crippen LogP contribution is -2.27. The Morgan fingerprint density at radius 2 is 0.467 bits per heavy atom. The van der Waals surface area contributed by atoms with Crippen LogP contribution >= 0.6 is 0 Å². The van der Waals surface area contributed by atoms with Crippen LogP contribution in [0.2, 0.25) is 0 Å². The molecule has 406 valence electrons. The molecule has 0 radical (unpaired) electrons. The summed E-state index contributed by atoms with van der Waals surface area (Å²) in [7, 11) is 9.61. The molecular formula is C60H76O15. The minimum absolute atomic E-state index is 0.136. The van der Waals surface area contributed by atoms with E-state index in [1.54, 1.807) is 66.9 Å². The van der Waals surface area contributed by atoms with Crippen LogP contribution in [0.1, 0.15) is 129 Å². The van der Waals surface area contributed by atoms with Crippen molar-refractivity contribution >= 4 is 0 Å². The van der Waals surface area contributed by atoms with E-state index < -0.39 is 16.2 Å². The summed E-state index contributed by atoms with van der Waals surface area (Å²) in [6.45, 7) is 10.1. The monoisotopic (exact) mass is 1040 g/mol. The van der Waals surface area contributed by atoms with Crippen molar-refractivity contribution in [2.75, 3.05) is 42.7 Å². The first-order chi connectivity index (χ1) is 35.7. The number of methoxy groups -OCH3 is 6. The van der Waals surface area contributed by atoms with E-state index in [-0.39, 0.29) is 94.8 Å². The Kier molecular flexibility index (Phi) is 20.8. The van der Waals surface area contributed by atoms with Crippen LogP contribution in [-0.4, -0.2) is 88.6 Å². The van der Waals surface area contributed by atoms with Gasteiger partial charge < -0.3 is 74.4 Å². The Morgan fingerprint density at radius 1 is 0.280 bits per heavy atom. The van der Waals surface area contributed by atoms with Crippen LogP contribution in [-0.2, 0) is 111 Å². The standard InChI is InChI=1S/C41H52O9.C19H24O6/c1-40(2,34-14-26(20-45-4)37(42)27(15-34)21-46-5)32-10-12-33(13-11-32)41(3,35-16-28(22-47-6)38(43)29(17-35)23-48-7)36-18-30(24-49-8)39(44)31(19-36)25-50-9;1-19(2,15-3-11(7-20)17(24)12(4-15)8-21)16-5-13(9-22)18(25)14(6-16)10-23/h10-19,42-44H,20-25H2,1-9H3;3-6,20-25H,7-10H2,1-2H3. The van der Waals surface area contributed by atoms with E-state index in [2.05, 4.69) is 45.0 Å². The van der Waals surface area contributed by atoms with Gasteiger partial charge in [0.2, 0.25) is 0 Å². The number of hydrogen-bond donors (Lipinski definition) is 9. The van der Waals surface area contributed by atoms with Gasteiger partial charge in [-0.3, -0.25) is 0 Å². The molecule has 0 saturated heterocycles. The highest BCUT2D eigenvalue weighted by molar-refractivity contribution is 5.59. The quantitative estimate of drug-likeness (QED) is 0.0273. The van der Waals surface area contributed by atoms with E-state index in [0.29, 0.717) is 55.6 Å². The summed E-state index contributed by atoms with van der Waals surface area (Å²) in [5.74, 6) is 0.183. The fourth-order valence-electron chi connectivity index (χ4n) is 9.59. The molecular weight excluding hydrogens is 961 g/mol. The van der Waals surface area contributed by atoms with Gasteiger partial charge in [-0.25, -0.2) is 0 Å². The number of benzene rings is 6. The predicted octanol–water partition coefficient (Wildman–Crippen LogP) is 8.75. The number of aromatic hydroxyl groups is 5. The molecule has 15 nitrogen and oxygen atoms in total. The smallest absolute Gasteiger partial charge is 0.126 e. The van der Waals surface area contributed by atoms with Gasteiger partial charge in [-0.2, -0.15) is 0 Å². The van der Waals surface area contributed by atoms with Crippen molar-refractivity contribution in [2.24, 2.45) is 0 Å². The molecule has 0 bridgehead atoms. The van der Waals surface area contributed by atoms with Crippen LogP contribution in [0.3, 0.4) is 0 Å². The lowest BCUT2D eigenvalue weighted by atomic mass is 9.68. The van der Waals surface area contributed by atoms with Crippen molar-refractivity contribution < 1.29 is 74.4 Å². The van der Waals surface area contributed by atoms with Gasteiger partial charge in [0.15, 0.2) is 0 Å². The van der Waals surface area contributed by atoms with Crippen molar-refractivity contribution in [2.45, 2.75) is 117 Å². The van der Waals surface area contributed by atoms with E-state index in [4.69, 9.17) is 28.4 Å². The van der Waals surface area contributed by atoms with E-state index in [1.807, 2.05) is 50.2 Å². The fraction of sp³-hybridized carbons (Fsp3) is 0.400. The van der Waals surface area contributed by atoms with Gasteiger partial charge in [0, 0.05) is 115 Å². The third-order valence-corrected chi connectivity index (χ3v) is 14.3. The summed E-state index contributed by atoms with van der Waals surface area (Å²) in [5.41, 5.74) is 9.66. The number of phenolic OH excluding ortho intramolecular Hbond substituents is 3. The molecule has 0 fully saturated rings. The zero-order chi connectivity index (χ0) is 55.4. The van der Waals surface area contributed by atoms with Crippen molar-refractivity contribution in [3.63, 3.8) is 0 Å². The van der Waals surface area contributed by atoms with Gasteiger partial charge in [-0.05, 0) is 107 Å². The summed E-state index contributed by atoms with van der Waals surface area (Å²) in [6.07, 6.45) is 0. The molecule has 0 heterocycles. The molecule has 0 aliphatic carbocycles. The van der Waals surface area contributed by atoms with Crippen LogP contribution in [0.5, 0.6) is 28.7 Å². The number of ether oxygens (including phenoxy) is 6. The average Bonchev–Trinajstić information content (AvgIpc) is 3.40. The zero-order valence-corrected chi connectivity index (χ0v) is 45.1. The summed E-state index contributed by atoms with van der Waals surface area (Å²) in [6, 6.07) is 27.0. The maximum Gasteiger partial charge on any atom is 0.126 e. The van der Waals surface area contributed by atoms with Crippen LogP contribution in [0.25, 0.3) is 0 Å². The first-order valence-electron chi connectivity index (χ1n) is 24.4. The van der Waals surface area contributed by atoms with Crippen molar-refractivity contribution in [1.82, 2.24) is 0 Å². The van der Waals surface area contributed by atoms with Crippen LogP contribution < -0.4 is 0 Å². The molecule has 15 heteroatoms. The first-order valence-corrected chi connectivity index (χ1v) is 24.4. The molecule has 0 aromatic heterocycles. The SMILES string of the molecule is CC(C)(c1cc(CO)c(O)c(CO)c1)c1cc(CO)c(O)c(CO)c1.COCc1cc(C(C)(C)c2ccc(C(C)(c3cc(COC)c(O)c(COC)c3)c3cc(COC)c(O)c(COC)c3)cc2)cc(COC)c1O. The summed E-state index contributed by atoms with van der Waals surface area (Å²) < 4.78 is 32.8. The largest absolute Gasteiger partial charge is 0.507 e. The molecule has 0 aliphatic heterocycles. The predicted molar refractivity (Wildman–Crippen MR) is 285 cm³/mol. The van der Waals surface area contributed by atoms with Crippen LogP contribution in [0.15, 0.2) is 84.9 Å². The highest BCUT2D eigenvalue weighted by Crippen LogP contribution is 2.46. The molecule has 0 amide bonds. The minimum Gasteiger partial charge on any atom is -0.507 e. The third-order valence-electron chi connectivity index (χ3n) is 14.3. The molecule has 0 aliphatic rings. The second-order valence-electron chi connectivity index (χ2n) is 19.9. The lowest BCUT2D eigenvalue weighted by Gasteiger charge is -2.35. The number of aliphatic hydroxyl groups excluding tert-OH is 4. The van der Waals surface area contributed by atoms with E-state index in [0.717, 1.165) is 38.9 Å². The van der Waals surface area contributed by atoms with Gasteiger partial charge in [-0.1, -0.05) is 52.0 Å². The number of rotatable bonds is 23. The minimum atomic E-state index is -0.782. The maximum absolute atomic E-state index is 11.1. The van der Waals surface area contributed by atoms with Crippen LogP contribution in [0, 0.1) is 0 Å². The Hall–Kier alpha value is -6.08. The topological polar surface area (TPSA) is 237 Å². The maximum atomic E-state index is 11.1. The number of phenols is 5. The van der Waals surface area contributed by atoms with Gasteiger partial charge >= 0.3 is 0 Å². The normalized spacial score (nSPS) is 12.0. The summed E-state index contributed by atoms with van der Waals surface area (Å²) in [5, 5.41) is 91.1. The number of aliphatic hydroxyl groups is 4. The molecule has 75 heavy (non-hydrogen) atoms. The first kappa shape index (κ1) is 59.8. The molecule has 6 aromatic rings. The van der Waals surface area contributed by atoms with Crippen LogP contribution in [0.4, 0.5) is 0 Å². The zero-order valence-electron chi connectivity index (χ0n) is 45.1. The van der Waals surface area contributed by atoms with Gasteiger partial charge in [0.25, 0.3) is 0 Å². The van der Waals surface area contributed by atoms with Gasteiger partial charge in [-0.15, -0.1) is 0 Å². The molecule has 0 unspecified atom stereocenters. The molecule has 6 aromatic carbocycles. The molecule has 0 spiro atoms. The Morgan fingerprint density at radius 3 is 0.693 bits per heavy atom. The number of hydrogen-bond acceptors (Lipinski definition) is 15. The van der Waals surface area contributed by atoms with E-state index in [9.17, 15) is 46.0 Å². The molecule has 0 saturated carbocycles. The lowest BCUT2D eigenvalue weighted by molar-refractivity contribution is 0.174. The second kappa shape index (κ2) is 26.1. The molecule has 9 N–H and O–H groups in total. The summed E-state index contributed by atoms with van der Waals surface area (Å²) >= 11 is 0. The van der Waals surface area contributed by atoms with Gasteiger partial charge in [0.05, 0.1) is 66.1 Å². The second-order valence-corrected chi connectivity index (χ2v) is 19.9. The molecule has 0 atom stereocenters. The highest BCUT2D eigenvalue weighted by Gasteiger charge is 2.36. The van der Waals surface area contributed by atoms with Gasteiger partial charge in [0.1, 0.15) is 28.7 Å². The third kappa shape index (κ3) is 12.8. The van der Waals surface area contributed by atoms with Crippen molar-refractivity contribution in [1.29, 1.82) is 0 Å². The van der Waals surface area contributed by atoms with E-state index >= 15 is 0 Å². The van der Waals surface area contributed by atoms with E-state index in [1.165, 1.54) is 0 Å². The fourth-order valence-corrected chi connectivity index (χ4v) is 9.59. The summed E-state index contributed by atoms with van der Waals surface area (Å²) in [4.78, 5) is 0. The molecule has 6 rings (SSSR count). The van der Waals surface area contributed by atoms with Crippen molar-refractivity contribution in [3.8, 4) is 28.7 Å². The Labute approximate surface area is 440 Å². The Bertz CT molecular complexity index is 2610.